The molecule has 0 saturated carbocycles. The van der Waals surface area contributed by atoms with Crippen LogP contribution in [0.25, 0.3) is 11.5 Å². The summed E-state index contributed by atoms with van der Waals surface area (Å²) in [6.45, 7) is 0.124. The second-order valence-electron chi connectivity index (χ2n) is 3.29. The fourth-order valence-electron chi connectivity index (χ4n) is 1.25. The predicted octanol–water partition coefficient (Wildman–Crippen LogP) is 2.09. The molecule has 1 aromatic carbocycles. The quantitative estimate of drug-likeness (QED) is 0.913. The standard InChI is InChI=1S/C10H8F3N3O2/c11-10(12,13)17-7-3-1-6(2-4-7)9-15-8(5-14)16-18-9/h1-4H,5,14H2. The summed E-state index contributed by atoms with van der Waals surface area (Å²) >= 11 is 0. The molecular formula is C10H8F3N3O2. The van der Waals surface area contributed by atoms with Gasteiger partial charge in [-0.2, -0.15) is 4.98 Å². The normalized spacial score (nSPS) is 11.6. The molecule has 18 heavy (non-hydrogen) atoms. The average molecular weight is 259 g/mol. The predicted molar refractivity (Wildman–Crippen MR) is 54.3 cm³/mol. The number of hydrogen-bond donors (Lipinski definition) is 1. The molecule has 1 aromatic heterocycles. The number of halogens is 3. The van der Waals surface area contributed by atoms with Crippen molar-refractivity contribution in [2.24, 2.45) is 5.73 Å². The third kappa shape index (κ3) is 2.98. The second-order valence-corrected chi connectivity index (χ2v) is 3.29. The van der Waals surface area contributed by atoms with Crippen molar-refractivity contribution in [1.82, 2.24) is 10.1 Å². The lowest BCUT2D eigenvalue weighted by atomic mass is 10.2. The Morgan fingerprint density at radius 3 is 2.39 bits per heavy atom. The minimum Gasteiger partial charge on any atom is -0.406 e. The highest BCUT2D eigenvalue weighted by Crippen LogP contribution is 2.25. The lowest BCUT2D eigenvalue weighted by Crippen LogP contribution is -2.16. The SMILES string of the molecule is NCc1noc(-c2ccc(OC(F)(F)F)cc2)n1. The molecule has 0 aliphatic heterocycles. The van der Waals surface area contributed by atoms with Gasteiger partial charge in [0.2, 0.25) is 0 Å². The molecule has 8 heteroatoms. The highest BCUT2D eigenvalue weighted by molar-refractivity contribution is 5.54. The van der Waals surface area contributed by atoms with E-state index in [0.29, 0.717) is 11.4 Å². The Kier molecular flexibility index (Phi) is 3.19. The summed E-state index contributed by atoms with van der Waals surface area (Å²) in [6.07, 6.45) is -4.71. The van der Waals surface area contributed by atoms with Crippen LogP contribution in [0.2, 0.25) is 0 Å². The van der Waals surface area contributed by atoms with Gasteiger partial charge in [-0.15, -0.1) is 13.2 Å². The molecule has 0 spiro atoms. The van der Waals surface area contributed by atoms with Crippen molar-refractivity contribution in [3.05, 3.63) is 30.1 Å². The van der Waals surface area contributed by atoms with Crippen LogP contribution in [-0.4, -0.2) is 16.5 Å². The number of benzene rings is 1. The summed E-state index contributed by atoms with van der Waals surface area (Å²) < 4.78 is 44.4. The van der Waals surface area contributed by atoms with Crippen molar-refractivity contribution in [3.63, 3.8) is 0 Å². The Morgan fingerprint density at radius 1 is 1.22 bits per heavy atom. The van der Waals surface area contributed by atoms with E-state index in [9.17, 15) is 13.2 Å². The zero-order valence-corrected chi connectivity index (χ0v) is 8.94. The van der Waals surface area contributed by atoms with Gasteiger partial charge in [-0.3, -0.25) is 0 Å². The maximum atomic E-state index is 11.9. The molecule has 0 radical (unpaired) electrons. The number of nitrogens with zero attached hydrogens (tertiary/aromatic N) is 2. The average Bonchev–Trinajstić information content (AvgIpc) is 2.76. The van der Waals surface area contributed by atoms with Crippen LogP contribution >= 0.6 is 0 Å². The zero-order valence-electron chi connectivity index (χ0n) is 8.94. The van der Waals surface area contributed by atoms with Crippen molar-refractivity contribution in [2.45, 2.75) is 12.9 Å². The molecule has 0 saturated heterocycles. The first-order valence-corrected chi connectivity index (χ1v) is 4.87. The highest BCUT2D eigenvalue weighted by atomic mass is 19.4. The molecular weight excluding hydrogens is 251 g/mol. The molecule has 5 nitrogen and oxygen atoms in total. The zero-order chi connectivity index (χ0) is 13.2. The molecule has 1 heterocycles. The van der Waals surface area contributed by atoms with Crippen LogP contribution in [0.4, 0.5) is 13.2 Å². The third-order valence-electron chi connectivity index (χ3n) is 1.99. The Hall–Kier alpha value is -2.09. The Bertz CT molecular complexity index is 522. The van der Waals surface area contributed by atoms with E-state index in [4.69, 9.17) is 10.3 Å². The first-order valence-electron chi connectivity index (χ1n) is 4.87. The first-order chi connectivity index (χ1) is 8.48. The van der Waals surface area contributed by atoms with E-state index in [1.165, 1.54) is 12.1 Å². The van der Waals surface area contributed by atoms with Crippen LogP contribution in [0.3, 0.4) is 0 Å². The Labute approximate surface area is 99.4 Å². The smallest absolute Gasteiger partial charge is 0.406 e. The minimum absolute atomic E-state index is 0.124. The summed E-state index contributed by atoms with van der Waals surface area (Å²) in [5.74, 6) is 0.194. The first kappa shape index (κ1) is 12.4. The maximum Gasteiger partial charge on any atom is 0.573 e. The van der Waals surface area contributed by atoms with Crippen LogP contribution in [0.1, 0.15) is 5.82 Å². The molecule has 2 aromatic rings. The van der Waals surface area contributed by atoms with E-state index in [1.807, 2.05) is 0 Å². The number of ether oxygens (including phenoxy) is 1. The molecule has 0 fully saturated rings. The van der Waals surface area contributed by atoms with Crippen molar-refractivity contribution in [3.8, 4) is 17.2 Å². The third-order valence-corrected chi connectivity index (χ3v) is 1.99. The largest absolute Gasteiger partial charge is 0.573 e. The van der Waals surface area contributed by atoms with Gasteiger partial charge in [-0.25, -0.2) is 0 Å². The van der Waals surface area contributed by atoms with Gasteiger partial charge in [-0.05, 0) is 24.3 Å². The molecule has 2 N–H and O–H groups in total. The summed E-state index contributed by atoms with van der Waals surface area (Å²) in [5.41, 5.74) is 5.79. The Balaban J connectivity index is 2.17. The highest BCUT2D eigenvalue weighted by Gasteiger charge is 2.31. The van der Waals surface area contributed by atoms with Gasteiger partial charge >= 0.3 is 6.36 Å². The van der Waals surface area contributed by atoms with Crippen molar-refractivity contribution in [1.29, 1.82) is 0 Å². The summed E-state index contributed by atoms with van der Waals surface area (Å²) in [7, 11) is 0. The summed E-state index contributed by atoms with van der Waals surface area (Å²) in [6, 6.07) is 5.09. The lowest BCUT2D eigenvalue weighted by Gasteiger charge is -2.08. The van der Waals surface area contributed by atoms with Crippen LogP contribution < -0.4 is 10.5 Å². The number of aromatic nitrogens is 2. The van der Waals surface area contributed by atoms with Crippen molar-refractivity contribution < 1.29 is 22.4 Å². The lowest BCUT2D eigenvalue weighted by molar-refractivity contribution is -0.274. The molecule has 0 amide bonds. The van der Waals surface area contributed by atoms with Crippen molar-refractivity contribution in [2.75, 3.05) is 0 Å². The van der Waals surface area contributed by atoms with Gasteiger partial charge < -0.3 is 15.0 Å². The Morgan fingerprint density at radius 2 is 1.89 bits per heavy atom. The molecule has 2 rings (SSSR count). The van der Waals surface area contributed by atoms with E-state index in [-0.39, 0.29) is 18.2 Å². The van der Waals surface area contributed by atoms with E-state index in [1.54, 1.807) is 0 Å². The maximum absolute atomic E-state index is 11.9. The van der Waals surface area contributed by atoms with E-state index >= 15 is 0 Å². The van der Waals surface area contributed by atoms with E-state index in [0.717, 1.165) is 12.1 Å². The van der Waals surface area contributed by atoms with Gasteiger partial charge in [0, 0.05) is 5.56 Å². The number of nitrogens with two attached hydrogens (primary N) is 1. The summed E-state index contributed by atoms with van der Waals surface area (Å²) in [5, 5.41) is 3.57. The number of hydrogen-bond acceptors (Lipinski definition) is 5. The van der Waals surface area contributed by atoms with Crippen LogP contribution in [0, 0.1) is 0 Å². The fraction of sp³-hybridized carbons (Fsp3) is 0.200. The molecule has 0 aliphatic rings. The molecule has 0 bridgehead atoms. The number of rotatable bonds is 3. The van der Waals surface area contributed by atoms with Gasteiger partial charge in [0.25, 0.3) is 5.89 Å². The van der Waals surface area contributed by atoms with Crippen LogP contribution in [0.5, 0.6) is 5.75 Å². The van der Waals surface area contributed by atoms with Crippen molar-refractivity contribution >= 4 is 0 Å². The molecule has 0 atom stereocenters. The van der Waals surface area contributed by atoms with E-state index in [2.05, 4.69) is 14.9 Å². The van der Waals surface area contributed by atoms with Gasteiger partial charge in [0.1, 0.15) is 5.75 Å². The van der Waals surface area contributed by atoms with Crippen LogP contribution in [-0.2, 0) is 6.54 Å². The minimum atomic E-state index is -4.71. The molecule has 0 unspecified atom stereocenters. The molecule has 96 valence electrons. The fourth-order valence-corrected chi connectivity index (χ4v) is 1.25. The summed E-state index contributed by atoms with van der Waals surface area (Å²) in [4.78, 5) is 3.94. The molecule has 0 aliphatic carbocycles. The van der Waals surface area contributed by atoms with Gasteiger partial charge in [0.15, 0.2) is 5.82 Å². The number of alkyl halides is 3. The van der Waals surface area contributed by atoms with Gasteiger partial charge in [-0.1, -0.05) is 5.16 Å². The monoisotopic (exact) mass is 259 g/mol. The topological polar surface area (TPSA) is 74.2 Å². The van der Waals surface area contributed by atoms with Crippen LogP contribution in [0.15, 0.2) is 28.8 Å². The van der Waals surface area contributed by atoms with E-state index < -0.39 is 6.36 Å². The van der Waals surface area contributed by atoms with Gasteiger partial charge in [0.05, 0.1) is 6.54 Å². The second kappa shape index (κ2) is 4.65.